The molecule has 8 atom stereocenters. The fourth-order valence-electron chi connectivity index (χ4n) is 6.38. The maximum atomic E-state index is 13.5. The van der Waals surface area contributed by atoms with Crippen molar-refractivity contribution in [2.45, 2.75) is 82.8 Å². The molecule has 166 valence electrons. The van der Waals surface area contributed by atoms with E-state index in [1.165, 1.54) is 12.1 Å². The maximum absolute atomic E-state index is 13.5. The average Bonchev–Trinajstić information content (AvgIpc) is 2.90. The van der Waals surface area contributed by atoms with Crippen LogP contribution in [0.1, 0.15) is 57.9 Å². The largest absolute Gasteiger partial charge is 0.368 e. The second-order valence-corrected chi connectivity index (χ2v) is 9.77. The van der Waals surface area contributed by atoms with E-state index in [9.17, 15) is 13.9 Å². The van der Waals surface area contributed by atoms with Crippen molar-refractivity contribution < 1.29 is 33.1 Å². The topological polar surface area (TPSA) is 57.2 Å². The van der Waals surface area contributed by atoms with Crippen molar-refractivity contribution in [1.29, 1.82) is 0 Å². The van der Waals surface area contributed by atoms with Crippen molar-refractivity contribution >= 4 is 0 Å². The molecule has 1 aliphatic carbocycles. The molecule has 4 aliphatic heterocycles. The number of ether oxygens (including phenoxy) is 2. The lowest BCUT2D eigenvalue weighted by atomic mass is 9.57. The molecule has 0 aromatic heterocycles. The zero-order valence-electron chi connectivity index (χ0n) is 17.5. The molecule has 4 heterocycles. The van der Waals surface area contributed by atoms with E-state index in [4.69, 9.17) is 19.2 Å². The number of fused-ring (bicyclic) bond motifs is 2. The molecule has 1 spiro atoms. The Morgan fingerprint density at radius 3 is 2.60 bits per heavy atom. The van der Waals surface area contributed by atoms with E-state index in [1.807, 2.05) is 6.92 Å². The number of benzene rings is 1. The first-order chi connectivity index (χ1) is 14.3. The highest BCUT2D eigenvalue weighted by Gasteiger charge is 2.69. The van der Waals surface area contributed by atoms with Gasteiger partial charge in [0, 0.05) is 24.3 Å². The predicted molar refractivity (Wildman–Crippen MR) is 103 cm³/mol. The van der Waals surface area contributed by atoms with E-state index < -0.39 is 35.6 Å². The highest BCUT2D eigenvalue weighted by Crippen LogP contribution is 2.60. The zero-order valence-corrected chi connectivity index (χ0v) is 17.5. The molecule has 4 saturated heterocycles. The molecule has 2 bridgehead atoms. The number of halogens is 2. The van der Waals surface area contributed by atoms with Gasteiger partial charge in [0.15, 0.2) is 18.2 Å². The van der Waals surface area contributed by atoms with Crippen LogP contribution in [0.2, 0.25) is 0 Å². The number of aliphatic hydroxyl groups is 1. The third kappa shape index (κ3) is 3.30. The molecule has 1 aromatic rings. The number of hydrogen-bond acceptors (Lipinski definition) is 5. The van der Waals surface area contributed by atoms with Crippen molar-refractivity contribution in [1.82, 2.24) is 0 Å². The van der Waals surface area contributed by atoms with Gasteiger partial charge in [-0.3, -0.25) is 0 Å². The van der Waals surface area contributed by atoms with Gasteiger partial charge in [-0.25, -0.2) is 18.6 Å². The Hall–Kier alpha value is -1.12. The molecule has 2 unspecified atom stereocenters. The van der Waals surface area contributed by atoms with E-state index >= 15 is 0 Å². The van der Waals surface area contributed by atoms with Crippen LogP contribution in [0.5, 0.6) is 0 Å². The lowest BCUT2D eigenvalue weighted by molar-refractivity contribution is -0.577. The highest BCUT2D eigenvalue weighted by molar-refractivity contribution is 5.18. The zero-order chi connectivity index (χ0) is 21.1. The summed E-state index contributed by atoms with van der Waals surface area (Å²) in [5, 5.41) is 10.9. The quantitative estimate of drug-likeness (QED) is 0.723. The van der Waals surface area contributed by atoms with E-state index in [-0.39, 0.29) is 17.8 Å². The van der Waals surface area contributed by atoms with E-state index in [2.05, 4.69) is 6.92 Å². The van der Waals surface area contributed by atoms with Gasteiger partial charge in [-0.2, -0.15) is 0 Å². The first-order valence-electron chi connectivity index (χ1n) is 11.1. The summed E-state index contributed by atoms with van der Waals surface area (Å²) in [6.07, 6.45) is 3.88. The first kappa shape index (κ1) is 20.8. The number of aryl methyl sites for hydroxylation is 1. The minimum Gasteiger partial charge on any atom is -0.368 e. The van der Waals surface area contributed by atoms with Gasteiger partial charge in [0.05, 0.1) is 0 Å². The van der Waals surface area contributed by atoms with Crippen molar-refractivity contribution in [3.05, 3.63) is 35.4 Å². The summed E-state index contributed by atoms with van der Waals surface area (Å²) in [4.78, 5) is 11.9. The standard InChI is InChI=1S/C23H30F2O5/c1-13-6-7-19-17(5-3-4-14-10-15(24)12-16(25)11-14)20(26)27-21-23(19)18(13)8-9-22(2,28-21)29-30-23/h10-13,17-21,26H,3-9H2,1-2H3/t13-,17-,18+,19+,20?,21?,22+,23-/m1/s1. The first-order valence-corrected chi connectivity index (χ1v) is 11.1. The van der Waals surface area contributed by atoms with Gasteiger partial charge < -0.3 is 14.6 Å². The van der Waals surface area contributed by atoms with Gasteiger partial charge in [-0.1, -0.05) is 6.92 Å². The Balaban J connectivity index is 1.37. The average molecular weight is 424 g/mol. The summed E-state index contributed by atoms with van der Waals surface area (Å²) >= 11 is 0. The normalized spacial score (nSPS) is 45.1. The minimum absolute atomic E-state index is 0.0411. The van der Waals surface area contributed by atoms with Crippen molar-refractivity contribution in [3.8, 4) is 0 Å². The van der Waals surface area contributed by atoms with Crippen LogP contribution in [0, 0.1) is 35.3 Å². The van der Waals surface area contributed by atoms with Crippen molar-refractivity contribution in [3.63, 3.8) is 0 Å². The SMILES string of the molecule is C[C@@H]1CC[C@H]2[C@@H](CCCc3cc(F)cc(F)c3)C(O)OC3O[C@]4(C)CC[C@@H]1[C@]32OO4. The summed E-state index contributed by atoms with van der Waals surface area (Å²) < 4.78 is 39.2. The summed E-state index contributed by atoms with van der Waals surface area (Å²) in [6, 6.07) is 3.61. The smallest absolute Gasteiger partial charge is 0.201 e. The maximum Gasteiger partial charge on any atom is 0.201 e. The highest BCUT2D eigenvalue weighted by atomic mass is 19.1. The summed E-state index contributed by atoms with van der Waals surface area (Å²) in [5.74, 6) is -1.41. The molecule has 5 nitrogen and oxygen atoms in total. The molecule has 1 N–H and O–H groups in total. The Bertz CT molecular complexity index is 786. The molecule has 0 radical (unpaired) electrons. The second kappa shape index (κ2) is 7.48. The Kier molecular flexibility index (Phi) is 5.18. The summed E-state index contributed by atoms with van der Waals surface area (Å²) in [7, 11) is 0. The Labute approximate surface area is 175 Å². The van der Waals surface area contributed by atoms with Gasteiger partial charge in [0.1, 0.15) is 11.6 Å². The van der Waals surface area contributed by atoms with Crippen molar-refractivity contribution in [2.24, 2.45) is 23.7 Å². The summed E-state index contributed by atoms with van der Waals surface area (Å²) in [6.45, 7) is 4.10. The Morgan fingerprint density at radius 1 is 1.07 bits per heavy atom. The second-order valence-electron chi connectivity index (χ2n) is 9.77. The van der Waals surface area contributed by atoms with Crippen LogP contribution in [-0.2, 0) is 25.7 Å². The predicted octanol–water partition coefficient (Wildman–Crippen LogP) is 4.47. The van der Waals surface area contributed by atoms with Gasteiger partial charge in [-0.05, 0) is 75.0 Å². The van der Waals surface area contributed by atoms with Gasteiger partial charge in [0.2, 0.25) is 5.79 Å². The van der Waals surface area contributed by atoms with Crippen molar-refractivity contribution in [2.75, 3.05) is 0 Å². The number of aliphatic hydroxyl groups excluding tert-OH is 1. The van der Waals surface area contributed by atoms with Crippen LogP contribution < -0.4 is 0 Å². The molecule has 5 aliphatic rings. The van der Waals surface area contributed by atoms with Crippen LogP contribution >= 0.6 is 0 Å². The third-order valence-electron chi connectivity index (χ3n) is 7.85. The molecule has 30 heavy (non-hydrogen) atoms. The fraction of sp³-hybridized carbons (Fsp3) is 0.739. The molecule has 6 rings (SSSR count). The van der Waals surface area contributed by atoms with Crippen LogP contribution in [0.15, 0.2) is 18.2 Å². The molecule has 0 amide bonds. The number of rotatable bonds is 4. The molecular formula is C23H30F2O5. The lowest BCUT2D eigenvalue weighted by Gasteiger charge is -2.60. The van der Waals surface area contributed by atoms with E-state index in [0.717, 1.165) is 31.7 Å². The molecule has 1 saturated carbocycles. The van der Waals surface area contributed by atoms with Gasteiger partial charge in [0.25, 0.3) is 0 Å². The fourth-order valence-corrected chi connectivity index (χ4v) is 6.38. The van der Waals surface area contributed by atoms with Gasteiger partial charge >= 0.3 is 0 Å². The van der Waals surface area contributed by atoms with Crippen LogP contribution in [0.4, 0.5) is 8.78 Å². The monoisotopic (exact) mass is 424 g/mol. The number of hydrogen-bond donors (Lipinski definition) is 1. The van der Waals surface area contributed by atoms with Crippen LogP contribution in [0.3, 0.4) is 0 Å². The van der Waals surface area contributed by atoms with Crippen LogP contribution in [0.25, 0.3) is 0 Å². The molecule has 5 fully saturated rings. The third-order valence-corrected chi connectivity index (χ3v) is 7.85. The van der Waals surface area contributed by atoms with Crippen LogP contribution in [-0.4, -0.2) is 29.1 Å². The van der Waals surface area contributed by atoms with E-state index in [0.29, 0.717) is 30.7 Å². The summed E-state index contributed by atoms with van der Waals surface area (Å²) in [5.41, 5.74) is -0.0987. The molecule has 7 heteroatoms. The van der Waals surface area contributed by atoms with Gasteiger partial charge in [-0.15, -0.1) is 0 Å². The minimum atomic E-state index is -0.963. The molecule has 1 aromatic carbocycles. The van der Waals surface area contributed by atoms with E-state index in [1.54, 1.807) is 0 Å². The lowest BCUT2D eigenvalue weighted by Crippen LogP contribution is -2.70. The Morgan fingerprint density at radius 2 is 1.83 bits per heavy atom. The molecular weight excluding hydrogens is 394 g/mol.